The molecule has 0 fully saturated rings. The van der Waals surface area contributed by atoms with Gasteiger partial charge in [-0.15, -0.1) is 0 Å². The van der Waals surface area contributed by atoms with Gasteiger partial charge in [-0.1, -0.05) is 61.1 Å². The molecule has 0 aromatic heterocycles. The van der Waals surface area contributed by atoms with Gasteiger partial charge >= 0.3 is 0 Å². The average Bonchev–Trinajstić information content (AvgIpc) is 2.01. The molecule has 0 spiro atoms. The Morgan fingerprint density at radius 2 is 1.00 bits per heavy atom. The van der Waals surface area contributed by atoms with Crippen molar-refractivity contribution in [1.29, 1.82) is 0 Å². The van der Waals surface area contributed by atoms with Crippen molar-refractivity contribution in [2.75, 3.05) is 0 Å². The zero-order valence-electron chi connectivity index (χ0n) is 10.7. The van der Waals surface area contributed by atoms with Crippen LogP contribution in [0.15, 0.2) is 12.2 Å². The van der Waals surface area contributed by atoms with Gasteiger partial charge in [0.15, 0.2) is 0 Å². The lowest BCUT2D eigenvalue weighted by molar-refractivity contribution is 0.0691. The van der Waals surface area contributed by atoms with Gasteiger partial charge in [-0.05, 0) is 35.5 Å². The Kier molecular flexibility index (Phi) is 4.64. The SMILES string of the molecule is C.CC(C)(C)C1CC=CCC1C(C)(C)C. The molecule has 2 unspecified atom stereocenters. The van der Waals surface area contributed by atoms with E-state index in [2.05, 4.69) is 53.7 Å². The fourth-order valence-electron chi connectivity index (χ4n) is 2.73. The minimum absolute atomic E-state index is 0. The molecular weight excluding hydrogens is 180 g/mol. The number of hydrogen-bond acceptors (Lipinski definition) is 0. The van der Waals surface area contributed by atoms with Crippen LogP contribution in [0.2, 0.25) is 0 Å². The van der Waals surface area contributed by atoms with Gasteiger partial charge in [0, 0.05) is 0 Å². The fourth-order valence-corrected chi connectivity index (χ4v) is 2.73. The molecule has 90 valence electrons. The topological polar surface area (TPSA) is 0 Å². The van der Waals surface area contributed by atoms with Crippen molar-refractivity contribution >= 4 is 0 Å². The van der Waals surface area contributed by atoms with Crippen molar-refractivity contribution in [3.05, 3.63) is 12.2 Å². The minimum Gasteiger partial charge on any atom is -0.0882 e. The zero-order valence-corrected chi connectivity index (χ0v) is 10.7. The standard InChI is InChI=1S/C14H26.CH4/c1-13(2,3)11-9-7-8-10-12(11)14(4,5)6;/h7-8,11-12H,9-10H2,1-6H3;1H4. The monoisotopic (exact) mass is 210 g/mol. The molecule has 2 atom stereocenters. The Labute approximate surface area is 97.2 Å². The molecule has 0 amide bonds. The van der Waals surface area contributed by atoms with Gasteiger partial charge in [-0.2, -0.15) is 0 Å². The highest BCUT2D eigenvalue weighted by atomic mass is 14.4. The first-order valence-corrected chi connectivity index (χ1v) is 5.88. The van der Waals surface area contributed by atoms with Crippen LogP contribution in [-0.2, 0) is 0 Å². The van der Waals surface area contributed by atoms with Crippen LogP contribution < -0.4 is 0 Å². The van der Waals surface area contributed by atoms with E-state index < -0.39 is 0 Å². The largest absolute Gasteiger partial charge is 0.0882 e. The average molecular weight is 210 g/mol. The molecule has 1 aliphatic rings. The van der Waals surface area contributed by atoms with E-state index in [9.17, 15) is 0 Å². The molecule has 0 saturated carbocycles. The first-order valence-electron chi connectivity index (χ1n) is 5.88. The van der Waals surface area contributed by atoms with Gasteiger partial charge < -0.3 is 0 Å². The van der Waals surface area contributed by atoms with Crippen molar-refractivity contribution in [2.45, 2.75) is 61.8 Å². The van der Waals surface area contributed by atoms with E-state index >= 15 is 0 Å². The van der Waals surface area contributed by atoms with Crippen LogP contribution in [0.3, 0.4) is 0 Å². The van der Waals surface area contributed by atoms with Crippen molar-refractivity contribution in [2.24, 2.45) is 22.7 Å². The maximum absolute atomic E-state index is 2.38. The second-order valence-electron chi connectivity index (χ2n) is 6.89. The molecule has 0 aromatic rings. The summed E-state index contributed by atoms with van der Waals surface area (Å²) >= 11 is 0. The molecule has 0 nitrogen and oxygen atoms in total. The Morgan fingerprint density at radius 1 is 0.733 bits per heavy atom. The lowest BCUT2D eigenvalue weighted by Gasteiger charge is -2.45. The highest BCUT2D eigenvalue weighted by Crippen LogP contribution is 2.46. The van der Waals surface area contributed by atoms with E-state index in [0.29, 0.717) is 10.8 Å². The van der Waals surface area contributed by atoms with Crippen molar-refractivity contribution < 1.29 is 0 Å². The van der Waals surface area contributed by atoms with Gasteiger partial charge in [0.1, 0.15) is 0 Å². The summed E-state index contributed by atoms with van der Waals surface area (Å²) in [7, 11) is 0. The normalized spacial score (nSPS) is 27.3. The molecule has 0 N–H and O–H groups in total. The van der Waals surface area contributed by atoms with E-state index in [1.165, 1.54) is 12.8 Å². The smallest absolute Gasteiger partial charge is 0.0294 e. The molecule has 0 heterocycles. The van der Waals surface area contributed by atoms with E-state index in [1.807, 2.05) is 0 Å². The van der Waals surface area contributed by atoms with Crippen LogP contribution in [0, 0.1) is 22.7 Å². The van der Waals surface area contributed by atoms with Gasteiger partial charge in [0.05, 0.1) is 0 Å². The molecule has 0 bridgehead atoms. The van der Waals surface area contributed by atoms with Crippen molar-refractivity contribution in [3.8, 4) is 0 Å². The van der Waals surface area contributed by atoms with Crippen LogP contribution >= 0.6 is 0 Å². The van der Waals surface area contributed by atoms with Crippen LogP contribution in [0.25, 0.3) is 0 Å². The molecule has 1 aliphatic carbocycles. The second-order valence-corrected chi connectivity index (χ2v) is 6.89. The maximum Gasteiger partial charge on any atom is -0.0294 e. The molecule has 0 saturated heterocycles. The van der Waals surface area contributed by atoms with Crippen LogP contribution in [0.4, 0.5) is 0 Å². The molecular formula is C15H30. The highest BCUT2D eigenvalue weighted by Gasteiger charge is 2.38. The predicted octanol–water partition coefficient (Wildman–Crippen LogP) is 5.30. The highest BCUT2D eigenvalue weighted by molar-refractivity contribution is 5.00. The molecule has 1 rings (SSSR count). The Morgan fingerprint density at radius 3 is 1.20 bits per heavy atom. The third kappa shape index (κ3) is 3.66. The van der Waals surface area contributed by atoms with Gasteiger partial charge in [-0.3, -0.25) is 0 Å². The first-order chi connectivity index (χ1) is 6.23. The summed E-state index contributed by atoms with van der Waals surface area (Å²) < 4.78 is 0. The minimum atomic E-state index is 0. The van der Waals surface area contributed by atoms with E-state index in [4.69, 9.17) is 0 Å². The predicted molar refractivity (Wildman–Crippen MR) is 71.0 cm³/mol. The summed E-state index contributed by atoms with van der Waals surface area (Å²) in [5.74, 6) is 1.68. The van der Waals surface area contributed by atoms with Crippen LogP contribution in [0.5, 0.6) is 0 Å². The van der Waals surface area contributed by atoms with Crippen LogP contribution in [-0.4, -0.2) is 0 Å². The summed E-state index contributed by atoms with van der Waals surface area (Å²) in [4.78, 5) is 0. The Hall–Kier alpha value is -0.260. The lowest BCUT2D eigenvalue weighted by atomic mass is 9.60. The summed E-state index contributed by atoms with van der Waals surface area (Å²) in [6.07, 6.45) is 7.28. The third-order valence-corrected chi connectivity index (χ3v) is 3.66. The Balaban J connectivity index is 0.00000196. The first kappa shape index (κ1) is 14.7. The van der Waals surface area contributed by atoms with E-state index in [-0.39, 0.29) is 7.43 Å². The number of rotatable bonds is 0. The third-order valence-electron chi connectivity index (χ3n) is 3.66. The van der Waals surface area contributed by atoms with Crippen molar-refractivity contribution in [1.82, 2.24) is 0 Å². The molecule has 0 heteroatoms. The van der Waals surface area contributed by atoms with E-state index in [1.54, 1.807) is 0 Å². The van der Waals surface area contributed by atoms with Gasteiger partial charge in [0.25, 0.3) is 0 Å². The molecule has 0 radical (unpaired) electrons. The molecule has 0 aliphatic heterocycles. The van der Waals surface area contributed by atoms with Crippen LogP contribution in [0.1, 0.15) is 61.8 Å². The zero-order chi connectivity index (χ0) is 11.0. The fraction of sp³-hybridized carbons (Fsp3) is 0.867. The number of allylic oxidation sites excluding steroid dienone is 2. The maximum atomic E-state index is 2.38. The Bertz CT molecular complexity index is 185. The van der Waals surface area contributed by atoms with Gasteiger partial charge in [-0.25, -0.2) is 0 Å². The van der Waals surface area contributed by atoms with E-state index in [0.717, 1.165) is 11.8 Å². The second kappa shape index (κ2) is 4.72. The summed E-state index contributed by atoms with van der Waals surface area (Å²) in [6.45, 7) is 14.3. The number of hydrogen-bond donors (Lipinski definition) is 0. The van der Waals surface area contributed by atoms with Gasteiger partial charge in [0.2, 0.25) is 0 Å². The summed E-state index contributed by atoms with van der Waals surface area (Å²) in [5.41, 5.74) is 0.894. The lowest BCUT2D eigenvalue weighted by Crippen LogP contribution is -2.36. The quantitative estimate of drug-likeness (QED) is 0.476. The molecule has 0 aromatic carbocycles. The van der Waals surface area contributed by atoms with Crippen molar-refractivity contribution in [3.63, 3.8) is 0 Å². The summed E-state index contributed by atoms with van der Waals surface area (Å²) in [5, 5.41) is 0. The molecule has 15 heavy (non-hydrogen) atoms. The summed E-state index contributed by atoms with van der Waals surface area (Å²) in [6, 6.07) is 0.